The van der Waals surface area contributed by atoms with E-state index in [2.05, 4.69) is 14.8 Å². The number of hydrogen-bond donors (Lipinski definition) is 5. The second-order valence-electron chi connectivity index (χ2n) is 14.7. The van der Waals surface area contributed by atoms with Crippen LogP contribution in [0.5, 0.6) is 0 Å². The number of unbranched alkanes of at least 4 members (excludes halogenated alkanes) is 1. The Balaban J connectivity index is 0.00000241. The molecule has 20 heteroatoms. The van der Waals surface area contributed by atoms with Gasteiger partial charge in [0, 0.05) is 36.8 Å². The predicted molar refractivity (Wildman–Crippen MR) is 217 cm³/mol. The van der Waals surface area contributed by atoms with Gasteiger partial charge in [-0.1, -0.05) is 76.1 Å². The molecule has 0 unspecified atom stereocenters. The van der Waals surface area contributed by atoms with Gasteiger partial charge in [-0.15, -0.1) is 6.61 Å². The van der Waals surface area contributed by atoms with Crippen LogP contribution in [-0.4, -0.2) is 118 Å². The van der Waals surface area contributed by atoms with Crippen LogP contribution in [0.1, 0.15) is 69.1 Å². The average molecular weight is 907 g/mol. The first-order valence-corrected chi connectivity index (χ1v) is 22.1. The predicted octanol–water partition coefficient (Wildman–Crippen LogP) is -1.20. The quantitative estimate of drug-likeness (QED) is 0.0722. The first-order valence-electron chi connectivity index (χ1n) is 19.1. The third kappa shape index (κ3) is 14.0. The van der Waals surface area contributed by atoms with Crippen molar-refractivity contribution >= 4 is 37.6 Å². The van der Waals surface area contributed by atoms with Gasteiger partial charge in [-0.3, -0.25) is 4.18 Å². The summed E-state index contributed by atoms with van der Waals surface area (Å²) in [6.07, 6.45) is -6.46. The van der Waals surface area contributed by atoms with Gasteiger partial charge in [0.05, 0.1) is 30.0 Å². The number of ether oxygens (including phenoxy) is 2. The minimum atomic E-state index is -5.18. The zero-order valence-corrected chi connectivity index (χ0v) is 39.6. The zero-order valence-electron chi connectivity index (χ0n) is 34.8. The number of urea groups is 1. The van der Waals surface area contributed by atoms with Crippen LogP contribution in [0.3, 0.4) is 0 Å². The smallest absolute Gasteiger partial charge is 0.855 e. The number of fused-ring (bicyclic) bond motifs is 1. The van der Waals surface area contributed by atoms with Crippen molar-refractivity contribution in [2.45, 2.75) is 101 Å². The van der Waals surface area contributed by atoms with Gasteiger partial charge >= 0.3 is 57.4 Å². The molecule has 3 aromatic rings. The first-order chi connectivity index (χ1) is 27.4. The van der Waals surface area contributed by atoms with Crippen molar-refractivity contribution in [1.82, 2.24) is 5.32 Å². The molecule has 7 N–H and O–H groups in total. The van der Waals surface area contributed by atoms with Gasteiger partial charge in [-0.2, -0.15) is 0 Å². The Kier molecular flexibility index (Phi) is 21.7. The SMILES string of the molecule is CCCC[C@]1(CC)CS(=O)(=O)c2ccc(N(C)C)cc2[C@@H](c2cccc(NC(=O)N[C@@H]3O[C@H](COS(=O)(=O)[O-])[C@@H](O)[C@H](OCc4ccccc4)[C@H]3O)c2)[C@H]1O.CC[O-].O.[K+]. The third-order valence-electron chi connectivity index (χ3n) is 10.5. The Morgan fingerprint density at radius 2 is 1.67 bits per heavy atom. The van der Waals surface area contributed by atoms with Crippen LogP contribution in [0.2, 0.25) is 0 Å². The maximum atomic E-state index is 14.0. The molecule has 5 rings (SSSR count). The summed E-state index contributed by atoms with van der Waals surface area (Å²) >= 11 is 0. The van der Waals surface area contributed by atoms with Gasteiger partial charge in [-0.25, -0.2) is 21.6 Å². The molecule has 2 aliphatic rings. The number of nitrogens with zero attached hydrogens (tertiary/aromatic N) is 1. The molecule has 2 heterocycles. The number of carbonyl (C=O) groups is 1. The minimum absolute atomic E-state index is 0. The summed E-state index contributed by atoms with van der Waals surface area (Å²) in [5.74, 6) is -1.01. The van der Waals surface area contributed by atoms with Crippen LogP contribution in [0, 0.1) is 5.41 Å². The monoisotopic (exact) mass is 906 g/mol. The maximum absolute atomic E-state index is 14.0. The largest absolute Gasteiger partial charge is 1.00 e. The molecule has 0 radical (unpaired) electrons. The van der Waals surface area contributed by atoms with E-state index in [1.807, 2.05) is 32.8 Å². The van der Waals surface area contributed by atoms with Gasteiger partial charge in [0.25, 0.3) is 0 Å². The van der Waals surface area contributed by atoms with Crippen LogP contribution in [-0.2, 0) is 40.5 Å². The topological polar surface area (TPSA) is 279 Å². The van der Waals surface area contributed by atoms with E-state index in [0.717, 1.165) is 18.5 Å². The van der Waals surface area contributed by atoms with Crippen LogP contribution in [0.4, 0.5) is 16.2 Å². The number of anilines is 2. The van der Waals surface area contributed by atoms with Crippen molar-refractivity contribution in [1.29, 1.82) is 0 Å². The molecule has 2 amide bonds. The summed E-state index contributed by atoms with van der Waals surface area (Å²) in [4.78, 5) is 15.5. The van der Waals surface area contributed by atoms with Gasteiger partial charge in [0.1, 0.15) is 24.4 Å². The molecular weight excluding hydrogens is 850 g/mol. The number of carbonyl (C=O) groups excluding carboxylic acids is 1. The molecule has 17 nitrogen and oxygen atoms in total. The van der Waals surface area contributed by atoms with Crippen molar-refractivity contribution in [3.63, 3.8) is 0 Å². The van der Waals surface area contributed by atoms with Crippen molar-refractivity contribution in [3.8, 4) is 0 Å². The summed E-state index contributed by atoms with van der Waals surface area (Å²) in [7, 11) is -5.33. The van der Waals surface area contributed by atoms with E-state index >= 15 is 0 Å². The number of hydrogen-bond acceptors (Lipinski definition) is 14. The molecule has 3 aromatic carbocycles. The molecule has 8 atom stereocenters. The number of rotatable bonds is 14. The zero-order chi connectivity index (χ0) is 42.8. The molecule has 0 spiro atoms. The maximum Gasteiger partial charge on any atom is 1.00 e. The van der Waals surface area contributed by atoms with E-state index in [9.17, 15) is 41.5 Å². The molecule has 330 valence electrons. The summed E-state index contributed by atoms with van der Waals surface area (Å²) in [5.41, 5.74) is 1.74. The summed E-state index contributed by atoms with van der Waals surface area (Å²) < 4.78 is 77.4. The second-order valence-corrected chi connectivity index (χ2v) is 17.7. The standard InChI is InChI=1S/C38H51N3O12S2.C2H5O.K.H2O/c1-5-7-18-38(6-2)23-54(46,47)30-17-16-27(41(3)4)20-28(30)31(35(38)44)25-14-11-15-26(19-25)39-37(45)40-36-33(43)34(51-21-24-12-9-8-10-13-24)32(42)29(53-36)22-52-55(48,49)50;1-2-3;;/h8-17,19-20,29,31-36,42-44H,5-7,18,21-23H2,1-4H3,(H2,39,40,45)(H,48,49,50);2H2,1H3;;1H2/q;-1;+1;/p-1/t29-,31-,32-,33-,34+,35-,36-,38-;;;/m1.../s1. The summed E-state index contributed by atoms with van der Waals surface area (Å²) in [6, 6.07) is 19.7. The Labute approximate surface area is 395 Å². The molecule has 1 saturated heterocycles. The molecule has 1 fully saturated rings. The fourth-order valence-corrected chi connectivity index (χ4v) is 9.97. The fraction of sp³-hybridized carbons (Fsp3) is 0.525. The van der Waals surface area contributed by atoms with E-state index < -0.39 is 81.0 Å². The molecule has 0 saturated carbocycles. The van der Waals surface area contributed by atoms with Crippen molar-refractivity contribution < 1.29 is 117 Å². The molecule has 60 heavy (non-hydrogen) atoms. The normalized spacial score (nSPS) is 25.7. The van der Waals surface area contributed by atoms with Gasteiger partial charge in [0.15, 0.2) is 16.1 Å². The van der Waals surface area contributed by atoms with E-state index in [4.69, 9.17) is 14.6 Å². The minimum Gasteiger partial charge on any atom is -0.855 e. The van der Waals surface area contributed by atoms with E-state index in [1.165, 1.54) is 0 Å². The van der Waals surface area contributed by atoms with Gasteiger partial charge in [-0.05, 0) is 59.9 Å². The van der Waals surface area contributed by atoms with Gasteiger partial charge in [0.2, 0.25) is 10.4 Å². The van der Waals surface area contributed by atoms with Crippen molar-refractivity contribution in [2.75, 3.05) is 43.3 Å². The van der Waals surface area contributed by atoms with Crippen LogP contribution >= 0.6 is 0 Å². The number of aliphatic hydroxyl groups excluding tert-OH is 3. The molecule has 0 aromatic heterocycles. The summed E-state index contributed by atoms with van der Waals surface area (Å²) in [5, 5.41) is 48.5. The molecular formula is C40H57KN3O14S2-. The molecule has 2 aliphatic heterocycles. The van der Waals surface area contributed by atoms with Gasteiger partial charge < -0.3 is 55.5 Å². The first kappa shape index (κ1) is 54.0. The second kappa shape index (κ2) is 24.1. The number of nitrogens with one attached hydrogen (secondary N) is 2. The number of benzene rings is 3. The summed E-state index contributed by atoms with van der Waals surface area (Å²) in [6.45, 7) is 4.49. The Morgan fingerprint density at radius 3 is 2.27 bits per heavy atom. The molecule has 0 bridgehead atoms. The molecule has 0 aliphatic carbocycles. The van der Waals surface area contributed by atoms with E-state index in [1.54, 1.807) is 79.7 Å². The Bertz CT molecular complexity index is 2030. The third-order valence-corrected chi connectivity index (χ3v) is 12.9. The van der Waals surface area contributed by atoms with Crippen molar-refractivity contribution in [3.05, 3.63) is 89.5 Å². The van der Waals surface area contributed by atoms with Crippen LogP contribution in [0.25, 0.3) is 0 Å². The average Bonchev–Trinajstić information content (AvgIpc) is 3.24. The fourth-order valence-electron chi connectivity index (χ4n) is 7.42. The van der Waals surface area contributed by atoms with Crippen LogP contribution in [0.15, 0.2) is 77.7 Å². The van der Waals surface area contributed by atoms with E-state index in [-0.39, 0.29) is 86.4 Å². The number of amides is 2. The van der Waals surface area contributed by atoms with Crippen molar-refractivity contribution in [2.24, 2.45) is 5.41 Å². The Hall–Kier alpha value is -2.09. The van der Waals surface area contributed by atoms with Crippen LogP contribution < -0.4 is 72.0 Å². The number of sulfone groups is 1. The van der Waals surface area contributed by atoms with E-state index in [0.29, 0.717) is 29.5 Å². The number of aliphatic hydroxyl groups is 3. The Morgan fingerprint density at radius 1 is 1.00 bits per heavy atom.